The first-order valence-electron chi connectivity index (χ1n) is 6.25. The smallest absolute Gasteiger partial charge is 0.191 e. The molecule has 0 aromatic rings. The Balaban J connectivity index is 2.25. The molecule has 1 rings (SSSR count). The first kappa shape index (κ1) is 13.3. The minimum atomic E-state index is 0.279. The molecular weight excluding hydrogens is 202 g/mol. The number of ether oxygens (including phenoxy) is 1. The minimum absolute atomic E-state index is 0.279. The summed E-state index contributed by atoms with van der Waals surface area (Å²) >= 11 is 0. The lowest BCUT2D eigenvalue weighted by Gasteiger charge is -2.20. The van der Waals surface area contributed by atoms with Crippen molar-refractivity contribution >= 4 is 5.96 Å². The number of likely N-dealkylation sites (N-methyl/N-ethyl adjacent to an activating group) is 1. The predicted molar refractivity (Wildman–Crippen MR) is 67.6 cm³/mol. The van der Waals surface area contributed by atoms with Gasteiger partial charge < -0.3 is 15.4 Å². The number of hydrogen-bond donors (Lipinski definition) is 1. The van der Waals surface area contributed by atoms with Crippen LogP contribution >= 0.6 is 0 Å². The Hall–Kier alpha value is -0.770. The van der Waals surface area contributed by atoms with Crippen molar-refractivity contribution < 1.29 is 4.74 Å². The SMILES string of the molecule is CC(C)OCCN(C)C(N)=NC1CCCC1. The van der Waals surface area contributed by atoms with Crippen LogP contribution < -0.4 is 5.73 Å². The van der Waals surface area contributed by atoms with E-state index in [1.807, 2.05) is 25.8 Å². The van der Waals surface area contributed by atoms with Gasteiger partial charge in [0.15, 0.2) is 5.96 Å². The monoisotopic (exact) mass is 227 g/mol. The van der Waals surface area contributed by atoms with E-state index in [-0.39, 0.29) is 6.10 Å². The molecule has 0 heterocycles. The average Bonchev–Trinajstić information content (AvgIpc) is 2.69. The molecule has 0 aliphatic heterocycles. The van der Waals surface area contributed by atoms with E-state index in [4.69, 9.17) is 10.5 Å². The van der Waals surface area contributed by atoms with E-state index in [9.17, 15) is 0 Å². The molecule has 2 N–H and O–H groups in total. The fourth-order valence-corrected chi connectivity index (χ4v) is 1.86. The first-order valence-corrected chi connectivity index (χ1v) is 6.25. The second-order valence-corrected chi connectivity index (χ2v) is 4.77. The molecule has 0 bridgehead atoms. The Morgan fingerprint density at radius 2 is 2.06 bits per heavy atom. The van der Waals surface area contributed by atoms with Crippen LogP contribution in [-0.4, -0.2) is 43.2 Å². The maximum Gasteiger partial charge on any atom is 0.191 e. The summed E-state index contributed by atoms with van der Waals surface area (Å²) in [6.07, 6.45) is 5.25. The summed E-state index contributed by atoms with van der Waals surface area (Å²) in [5.74, 6) is 0.652. The Kier molecular flexibility index (Phi) is 5.60. The summed E-state index contributed by atoms with van der Waals surface area (Å²) < 4.78 is 5.48. The summed E-state index contributed by atoms with van der Waals surface area (Å²) in [6.45, 7) is 5.58. The quantitative estimate of drug-likeness (QED) is 0.573. The molecule has 0 aromatic heterocycles. The zero-order valence-corrected chi connectivity index (χ0v) is 10.8. The Bertz CT molecular complexity index is 222. The third-order valence-corrected chi connectivity index (χ3v) is 2.91. The number of hydrogen-bond acceptors (Lipinski definition) is 2. The number of nitrogens with two attached hydrogens (primary N) is 1. The third-order valence-electron chi connectivity index (χ3n) is 2.91. The molecule has 4 heteroatoms. The summed E-state index contributed by atoms with van der Waals surface area (Å²) in [4.78, 5) is 6.51. The highest BCUT2D eigenvalue weighted by molar-refractivity contribution is 5.77. The second-order valence-electron chi connectivity index (χ2n) is 4.77. The van der Waals surface area contributed by atoms with Crippen molar-refractivity contribution in [2.75, 3.05) is 20.2 Å². The lowest BCUT2D eigenvalue weighted by Crippen LogP contribution is -2.37. The van der Waals surface area contributed by atoms with Crippen molar-refractivity contribution in [1.29, 1.82) is 0 Å². The predicted octanol–water partition coefficient (Wildman–Crippen LogP) is 1.60. The zero-order valence-electron chi connectivity index (χ0n) is 10.8. The zero-order chi connectivity index (χ0) is 12.0. The van der Waals surface area contributed by atoms with Gasteiger partial charge in [0.1, 0.15) is 0 Å². The van der Waals surface area contributed by atoms with Gasteiger partial charge in [-0.2, -0.15) is 0 Å². The number of nitrogens with zero attached hydrogens (tertiary/aromatic N) is 2. The van der Waals surface area contributed by atoms with Crippen LogP contribution in [0.5, 0.6) is 0 Å². The van der Waals surface area contributed by atoms with Crippen LogP contribution in [-0.2, 0) is 4.74 Å². The number of guanidine groups is 1. The van der Waals surface area contributed by atoms with E-state index in [1.54, 1.807) is 0 Å². The summed E-state index contributed by atoms with van der Waals surface area (Å²) in [6, 6.07) is 0.452. The van der Waals surface area contributed by atoms with Crippen molar-refractivity contribution in [2.45, 2.75) is 51.7 Å². The van der Waals surface area contributed by atoms with Crippen LogP contribution in [0.1, 0.15) is 39.5 Å². The van der Waals surface area contributed by atoms with Gasteiger partial charge >= 0.3 is 0 Å². The molecule has 94 valence electrons. The maximum absolute atomic E-state index is 5.93. The molecule has 16 heavy (non-hydrogen) atoms. The normalized spacial score (nSPS) is 18.4. The lowest BCUT2D eigenvalue weighted by molar-refractivity contribution is 0.0723. The molecule has 0 unspecified atom stereocenters. The Morgan fingerprint density at radius 3 is 2.62 bits per heavy atom. The molecule has 0 spiro atoms. The molecule has 0 aromatic carbocycles. The van der Waals surface area contributed by atoms with Crippen molar-refractivity contribution in [3.63, 3.8) is 0 Å². The van der Waals surface area contributed by atoms with Gasteiger partial charge in [-0.1, -0.05) is 12.8 Å². The van der Waals surface area contributed by atoms with Crippen LogP contribution in [0.4, 0.5) is 0 Å². The van der Waals surface area contributed by atoms with Gasteiger partial charge in [-0.25, -0.2) is 4.99 Å². The summed E-state index contributed by atoms with van der Waals surface area (Å²) in [7, 11) is 1.97. The first-order chi connectivity index (χ1) is 7.59. The molecular formula is C12H25N3O. The van der Waals surface area contributed by atoms with Crippen molar-refractivity contribution in [3.8, 4) is 0 Å². The molecule has 1 aliphatic carbocycles. The largest absolute Gasteiger partial charge is 0.377 e. The van der Waals surface area contributed by atoms with E-state index >= 15 is 0 Å². The van der Waals surface area contributed by atoms with E-state index in [0.717, 1.165) is 6.54 Å². The highest BCUT2D eigenvalue weighted by atomic mass is 16.5. The van der Waals surface area contributed by atoms with Crippen LogP contribution in [0.15, 0.2) is 4.99 Å². The van der Waals surface area contributed by atoms with E-state index in [0.29, 0.717) is 18.6 Å². The average molecular weight is 227 g/mol. The molecule has 4 nitrogen and oxygen atoms in total. The van der Waals surface area contributed by atoms with Gasteiger partial charge in [-0.3, -0.25) is 0 Å². The maximum atomic E-state index is 5.93. The van der Waals surface area contributed by atoms with Gasteiger partial charge in [0.05, 0.1) is 18.8 Å². The van der Waals surface area contributed by atoms with Crippen LogP contribution in [0.25, 0.3) is 0 Å². The van der Waals surface area contributed by atoms with E-state index in [2.05, 4.69) is 4.99 Å². The van der Waals surface area contributed by atoms with Crippen LogP contribution in [0.2, 0.25) is 0 Å². The lowest BCUT2D eigenvalue weighted by atomic mass is 10.3. The summed E-state index contributed by atoms with van der Waals surface area (Å²) in [5.41, 5.74) is 5.93. The highest BCUT2D eigenvalue weighted by Crippen LogP contribution is 2.20. The Labute approximate surface area is 98.9 Å². The van der Waals surface area contributed by atoms with E-state index < -0.39 is 0 Å². The van der Waals surface area contributed by atoms with Crippen molar-refractivity contribution in [2.24, 2.45) is 10.7 Å². The fourth-order valence-electron chi connectivity index (χ4n) is 1.86. The molecule has 1 saturated carbocycles. The molecule has 0 amide bonds. The fraction of sp³-hybridized carbons (Fsp3) is 0.917. The standard InChI is InChI=1S/C12H25N3O/c1-10(2)16-9-8-15(3)12(13)14-11-6-4-5-7-11/h10-11H,4-9H2,1-3H3,(H2,13,14). The summed E-state index contributed by atoms with van der Waals surface area (Å²) in [5, 5.41) is 0. The second kappa shape index (κ2) is 6.74. The minimum Gasteiger partial charge on any atom is -0.377 e. The van der Waals surface area contributed by atoms with E-state index in [1.165, 1.54) is 25.7 Å². The molecule has 1 fully saturated rings. The number of aliphatic imine (C=N–C) groups is 1. The van der Waals surface area contributed by atoms with Crippen LogP contribution in [0, 0.1) is 0 Å². The van der Waals surface area contributed by atoms with Gasteiger partial charge in [-0.15, -0.1) is 0 Å². The highest BCUT2D eigenvalue weighted by Gasteiger charge is 2.14. The molecule has 0 radical (unpaired) electrons. The molecule has 0 atom stereocenters. The van der Waals surface area contributed by atoms with Gasteiger partial charge in [-0.05, 0) is 26.7 Å². The Morgan fingerprint density at radius 1 is 1.44 bits per heavy atom. The van der Waals surface area contributed by atoms with Gasteiger partial charge in [0.25, 0.3) is 0 Å². The van der Waals surface area contributed by atoms with Crippen molar-refractivity contribution in [3.05, 3.63) is 0 Å². The van der Waals surface area contributed by atoms with Gasteiger partial charge in [0.2, 0.25) is 0 Å². The third kappa shape index (κ3) is 4.84. The van der Waals surface area contributed by atoms with Crippen molar-refractivity contribution in [1.82, 2.24) is 4.90 Å². The molecule has 1 aliphatic rings. The van der Waals surface area contributed by atoms with Crippen LogP contribution in [0.3, 0.4) is 0 Å². The molecule has 0 saturated heterocycles. The van der Waals surface area contributed by atoms with Gasteiger partial charge in [0, 0.05) is 13.6 Å². The number of rotatable bonds is 5. The topological polar surface area (TPSA) is 50.9 Å².